The first kappa shape index (κ1) is 8.70. The van der Waals surface area contributed by atoms with Gasteiger partial charge in [-0.2, -0.15) is 15.0 Å². The summed E-state index contributed by atoms with van der Waals surface area (Å²) in [6.07, 6.45) is 0.729. The van der Waals surface area contributed by atoms with Crippen LogP contribution in [0.15, 0.2) is 0 Å². The molecule has 0 spiro atoms. The number of nitrogens with zero attached hydrogens (tertiary/aromatic N) is 3. The van der Waals surface area contributed by atoms with Gasteiger partial charge in [-0.05, 0) is 6.92 Å². The van der Waals surface area contributed by atoms with Gasteiger partial charge in [0.1, 0.15) is 5.82 Å². The fourth-order valence-electron chi connectivity index (χ4n) is 0.767. The lowest BCUT2D eigenvalue weighted by Crippen LogP contribution is -2.06. The Balaban J connectivity index is 2.90. The van der Waals surface area contributed by atoms with Crippen molar-refractivity contribution in [2.45, 2.75) is 20.3 Å². The number of nitrogen functional groups attached to an aromatic ring is 1. The van der Waals surface area contributed by atoms with Crippen LogP contribution >= 0.6 is 0 Å². The van der Waals surface area contributed by atoms with Gasteiger partial charge in [-0.25, -0.2) is 0 Å². The Morgan fingerprint density at radius 2 is 2.00 bits per heavy atom. The third-order valence-corrected chi connectivity index (χ3v) is 1.27. The molecular formula is C7H12N4O. The molecule has 0 aromatic carbocycles. The molecule has 1 rings (SSSR count). The minimum atomic E-state index is 0.213. The number of hydrogen-bond donors (Lipinski definition) is 1. The highest BCUT2D eigenvalue weighted by Gasteiger charge is 2.01. The molecule has 66 valence electrons. The topological polar surface area (TPSA) is 73.9 Å². The Kier molecular flexibility index (Phi) is 2.79. The van der Waals surface area contributed by atoms with Gasteiger partial charge in [0.2, 0.25) is 5.95 Å². The first-order valence-electron chi connectivity index (χ1n) is 3.89. The molecule has 0 atom stereocenters. The van der Waals surface area contributed by atoms with Crippen LogP contribution in [0.25, 0.3) is 0 Å². The van der Waals surface area contributed by atoms with E-state index in [1.807, 2.05) is 13.8 Å². The molecule has 0 aliphatic rings. The fourth-order valence-corrected chi connectivity index (χ4v) is 0.767. The third-order valence-electron chi connectivity index (χ3n) is 1.27. The molecule has 12 heavy (non-hydrogen) atoms. The SMILES string of the molecule is CCOc1nc(N)nc(CC)n1. The molecule has 1 heterocycles. The van der Waals surface area contributed by atoms with Crippen LogP contribution in [0.3, 0.4) is 0 Å². The predicted molar refractivity (Wildman–Crippen MR) is 44.8 cm³/mol. The first-order chi connectivity index (χ1) is 5.76. The van der Waals surface area contributed by atoms with E-state index in [0.717, 1.165) is 6.42 Å². The highest BCUT2D eigenvalue weighted by molar-refractivity contribution is 5.17. The second kappa shape index (κ2) is 3.85. The summed E-state index contributed by atoms with van der Waals surface area (Å²) in [7, 11) is 0. The zero-order chi connectivity index (χ0) is 8.97. The van der Waals surface area contributed by atoms with Gasteiger partial charge in [0.25, 0.3) is 0 Å². The molecule has 0 bridgehead atoms. The van der Waals surface area contributed by atoms with E-state index in [-0.39, 0.29) is 5.95 Å². The zero-order valence-corrected chi connectivity index (χ0v) is 7.24. The van der Waals surface area contributed by atoms with Crippen LogP contribution in [0.1, 0.15) is 19.7 Å². The molecule has 2 N–H and O–H groups in total. The van der Waals surface area contributed by atoms with Crippen molar-refractivity contribution in [3.8, 4) is 6.01 Å². The second-order valence-electron chi connectivity index (χ2n) is 2.18. The van der Waals surface area contributed by atoms with E-state index in [1.54, 1.807) is 0 Å². The molecule has 0 saturated carbocycles. The van der Waals surface area contributed by atoms with Gasteiger partial charge in [-0.1, -0.05) is 6.92 Å². The van der Waals surface area contributed by atoms with Gasteiger partial charge in [-0.3, -0.25) is 0 Å². The number of nitrogens with two attached hydrogens (primary N) is 1. The van der Waals surface area contributed by atoms with E-state index in [0.29, 0.717) is 18.4 Å². The second-order valence-corrected chi connectivity index (χ2v) is 2.18. The first-order valence-corrected chi connectivity index (χ1v) is 3.89. The summed E-state index contributed by atoms with van der Waals surface area (Å²) in [5.41, 5.74) is 5.42. The lowest BCUT2D eigenvalue weighted by atomic mass is 10.5. The minimum Gasteiger partial charge on any atom is -0.464 e. The quantitative estimate of drug-likeness (QED) is 0.707. The normalized spacial score (nSPS) is 9.83. The maximum Gasteiger partial charge on any atom is 0.321 e. The molecule has 0 aliphatic carbocycles. The van der Waals surface area contributed by atoms with Crippen molar-refractivity contribution in [1.29, 1.82) is 0 Å². The van der Waals surface area contributed by atoms with Gasteiger partial charge in [0.05, 0.1) is 6.61 Å². The number of hydrogen-bond acceptors (Lipinski definition) is 5. The molecule has 5 nitrogen and oxygen atoms in total. The van der Waals surface area contributed by atoms with Crippen molar-refractivity contribution in [2.24, 2.45) is 0 Å². The van der Waals surface area contributed by atoms with E-state index in [1.165, 1.54) is 0 Å². The fraction of sp³-hybridized carbons (Fsp3) is 0.571. The number of rotatable bonds is 3. The van der Waals surface area contributed by atoms with E-state index < -0.39 is 0 Å². The molecule has 0 aliphatic heterocycles. The van der Waals surface area contributed by atoms with Crippen molar-refractivity contribution < 1.29 is 4.74 Å². The Morgan fingerprint density at radius 1 is 1.25 bits per heavy atom. The Bertz CT molecular complexity index is 264. The monoisotopic (exact) mass is 168 g/mol. The average molecular weight is 168 g/mol. The van der Waals surface area contributed by atoms with Crippen molar-refractivity contribution in [3.05, 3.63) is 5.82 Å². The zero-order valence-electron chi connectivity index (χ0n) is 7.24. The van der Waals surface area contributed by atoms with Crippen LogP contribution in [0.5, 0.6) is 6.01 Å². The predicted octanol–water partition coefficient (Wildman–Crippen LogP) is 0.415. The van der Waals surface area contributed by atoms with E-state index >= 15 is 0 Å². The molecule has 0 saturated heterocycles. The summed E-state index contributed by atoms with van der Waals surface area (Å²) in [4.78, 5) is 11.7. The van der Waals surface area contributed by atoms with Crippen LogP contribution in [-0.4, -0.2) is 21.6 Å². The van der Waals surface area contributed by atoms with Crippen molar-refractivity contribution >= 4 is 5.95 Å². The molecule has 0 unspecified atom stereocenters. The van der Waals surface area contributed by atoms with Crippen LogP contribution in [0.4, 0.5) is 5.95 Å². The van der Waals surface area contributed by atoms with E-state index in [2.05, 4.69) is 15.0 Å². The lowest BCUT2D eigenvalue weighted by molar-refractivity contribution is 0.310. The van der Waals surface area contributed by atoms with Crippen molar-refractivity contribution in [1.82, 2.24) is 15.0 Å². The Hall–Kier alpha value is -1.39. The summed E-state index contributed by atoms with van der Waals surface area (Å²) >= 11 is 0. The maximum absolute atomic E-state index is 5.42. The largest absolute Gasteiger partial charge is 0.464 e. The Labute approximate surface area is 71.0 Å². The molecular weight excluding hydrogens is 156 g/mol. The highest BCUT2D eigenvalue weighted by Crippen LogP contribution is 2.04. The van der Waals surface area contributed by atoms with E-state index in [4.69, 9.17) is 10.5 Å². The molecule has 1 aromatic heterocycles. The van der Waals surface area contributed by atoms with Crippen LogP contribution in [0, 0.1) is 0 Å². The highest BCUT2D eigenvalue weighted by atomic mass is 16.5. The van der Waals surface area contributed by atoms with Crippen LogP contribution in [-0.2, 0) is 6.42 Å². The van der Waals surface area contributed by atoms with Gasteiger partial charge in [0, 0.05) is 6.42 Å². The molecule has 1 aromatic rings. The van der Waals surface area contributed by atoms with Crippen LogP contribution < -0.4 is 10.5 Å². The molecule has 0 radical (unpaired) electrons. The standard InChI is InChI=1S/C7H12N4O/c1-3-5-9-6(8)11-7(10-5)12-4-2/h3-4H2,1-2H3,(H2,8,9,10,11). The van der Waals surface area contributed by atoms with E-state index in [9.17, 15) is 0 Å². The lowest BCUT2D eigenvalue weighted by Gasteiger charge is -2.02. The van der Waals surface area contributed by atoms with Gasteiger partial charge >= 0.3 is 6.01 Å². The summed E-state index contributed by atoms with van der Waals surface area (Å²) in [6.45, 7) is 4.35. The summed E-state index contributed by atoms with van der Waals surface area (Å²) < 4.78 is 5.09. The molecule has 0 amide bonds. The summed E-state index contributed by atoms with van der Waals surface area (Å²) in [6, 6.07) is 0.307. The molecule has 5 heteroatoms. The number of ether oxygens (including phenoxy) is 1. The average Bonchev–Trinajstić information content (AvgIpc) is 2.04. The van der Waals surface area contributed by atoms with Crippen molar-refractivity contribution in [3.63, 3.8) is 0 Å². The summed E-state index contributed by atoms with van der Waals surface area (Å²) in [5, 5.41) is 0. The van der Waals surface area contributed by atoms with Gasteiger partial charge in [-0.15, -0.1) is 0 Å². The minimum absolute atomic E-state index is 0.213. The number of aromatic nitrogens is 3. The van der Waals surface area contributed by atoms with Gasteiger partial charge < -0.3 is 10.5 Å². The maximum atomic E-state index is 5.42. The summed E-state index contributed by atoms with van der Waals surface area (Å²) in [5.74, 6) is 0.872. The number of aryl methyl sites for hydroxylation is 1. The Morgan fingerprint density at radius 3 is 2.58 bits per heavy atom. The van der Waals surface area contributed by atoms with Crippen molar-refractivity contribution in [2.75, 3.05) is 12.3 Å². The van der Waals surface area contributed by atoms with Crippen LogP contribution in [0.2, 0.25) is 0 Å². The smallest absolute Gasteiger partial charge is 0.321 e. The number of anilines is 1. The third kappa shape index (κ3) is 2.05. The molecule has 0 fully saturated rings. The van der Waals surface area contributed by atoms with Gasteiger partial charge in [0.15, 0.2) is 0 Å².